The molecule has 0 aliphatic rings. The number of hydrogen-bond acceptors (Lipinski definition) is 2. The van der Waals surface area contributed by atoms with Crippen LogP contribution in [0.25, 0.3) is 0 Å². The van der Waals surface area contributed by atoms with Gasteiger partial charge in [-0.25, -0.2) is 0 Å². The van der Waals surface area contributed by atoms with Crippen molar-refractivity contribution >= 4 is 12.7 Å². The molecule has 0 unspecified atom stereocenters. The fourth-order valence-electron chi connectivity index (χ4n) is 0.325. The van der Waals surface area contributed by atoms with Crippen molar-refractivity contribution in [3.63, 3.8) is 0 Å². The van der Waals surface area contributed by atoms with Gasteiger partial charge in [-0.3, -0.25) is 4.79 Å². The zero-order valence-electron chi connectivity index (χ0n) is 4.52. The third-order valence-corrected chi connectivity index (χ3v) is 0.696. The first-order valence-electron chi connectivity index (χ1n) is 2.45. The molecule has 0 bridgehead atoms. The van der Waals surface area contributed by atoms with E-state index in [4.69, 9.17) is 0 Å². The van der Waals surface area contributed by atoms with Crippen molar-refractivity contribution in [1.82, 2.24) is 5.32 Å². The second-order valence-corrected chi connectivity index (χ2v) is 1.34. The number of carbonyl (C=O) groups is 1. The van der Waals surface area contributed by atoms with E-state index in [9.17, 15) is 9.59 Å². The van der Waals surface area contributed by atoms with E-state index in [1.54, 1.807) is 0 Å². The molecule has 1 amide bonds. The number of aldehydes is 1. The largest absolute Gasteiger partial charge is 0.348 e. The highest BCUT2D eigenvalue weighted by Crippen LogP contribution is 1.77. The average Bonchev–Trinajstić information content (AvgIpc) is 1.81. The minimum absolute atomic E-state index is 0.509. The van der Waals surface area contributed by atoms with Crippen LogP contribution in [-0.2, 0) is 9.59 Å². The number of rotatable bonds is 5. The first-order chi connectivity index (χ1) is 3.91. The maximum Gasteiger partial charge on any atom is 0.309 e. The van der Waals surface area contributed by atoms with Crippen LogP contribution in [-0.4, -0.2) is 19.2 Å². The second-order valence-electron chi connectivity index (χ2n) is 1.34. The number of carbonyl (C=O) groups excluding carboxylic acids is 2. The molecule has 3 nitrogen and oxygen atoms in total. The van der Waals surface area contributed by atoms with Crippen molar-refractivity contribution in [2.45, 2.75) is 12.8 Å². The van der Waals surface area contributed by atoms with E-state index in [0.29, 0.717) is 19.4 Å². The lowest BCUT2D eigenvalue weighted by molar-refractivity contribution is -0.107. The third-order valence-electron chi connectivity index (χ3n) is 0.696. The molecule has 1 N–H and O–H groups in total. The summed E-state index contributed by atoms with van der Waals surface area (Å²) in [5.74, 6) is 0. The monoisotopic (exact) mass is 114 g/mol. The lowest BCUT2D eigenvalue weighted by Crippen LogP contribution is -2.11. The molecule has 1 radical (unpaired) electrons. The van der Waals surface area contributed by atoms with Gasteiger partial charge < -0.3 is 10.1 Å². The van der Waals surface area contributed by atoms with Crippen LogP contribution in [0, 0.1) is 0 Å². The van der Waals surface area contributed by atoms with Gasteiger partial charge in [-0.15, -0.1) is 0 Å². The zero-order valence-corrected chi connectivity index (χ0v) is 4.52. The quantitative estimate of drug-likeness (QED) is 0.301. The van der Waals surface area contributed by atoms with Gasteiger partial charge in [-0.1, -0.05) is 0 Å². The Kier molecular flexibility index (Phi) is 5.48. The third kappa shape index (κ3) is 5.14. The van der Waals surface area contributed by atoms with Crippen LogP contribution in [0.3, 0.4) is 0 Å². The van der Waals surface area contributed by atoms with E-state index < -0.39 is 0 Å². The van der Waals surface area contributed by atoms with Crippen LogP contribution in [0.5, 0.6) is 0 Å². The molecular formula is C5H8NO2. The van der Waals surface area contributed by atoms with Crippen LogP contribution in [0.1, 0.15) is 12.8 Å². The summed E-state index contributed by atoms with van der Waals surface area (Å²) in [6.07, 6.45) is 3.55. The smallest absolute Gasteiger partial charge is 0.309 e. The van der Waals surface area contributed by atoms with Crippen molar-refractivity contribution < 1.29 is 9.59 Å². The van der Waals surface area contributed by atoms with Crippen molar-refractivity contribution in [2.75, 3.05) is 6.54 Å². The minimum atomic E-state index is 0.509. The lowest BCUT2D eigenvalue weighted by Gasteiger charge is -1.89. The molecule has 0 saturated heterocycles. The van der Waals surface area contributed by atoms with Crippen LogP contribution < -0.4 is 5.32 Å². The summed E-state index contributed by atoms with van der Waals surface area (Å²) in [7, 11) is 0. The molecule has 0 rings (SSSR count). The Bertz CT molecular complexity index is 62.8. The van der Waals surface area contributed by atoms with E-state index in [-0.39, 0.29) is 0 Å². The molecule has 0 aromatic carbocycles. The molecule has 0 aliphatic carbocycles. The van der Waals surface area contributed by atoms with Crippen LogP contribution in [0.4, 0.5) is 0 Å². The Balaban J connectivity index is 2.71. The number of unbranched alkanes of at least 4 members (excludes halogenated alkanes) is 1. The Morgan fingerprint density at radius 2 is 2.38 bits per heavy atom. The summed E-state index contributed by atoms with van der Waals surface area (Å²) in [6, 6.07) is 0. The molecule has 0 heterocycles. The Labute approximate surface area is 48.1 Å². The molecule has 0 aromatic rings. The molecule has 3 heteroatoms. The van der Waals surface area contributed by atoms with E-state index >= 15 is 0 Å². The molecule has 0 atom stereocenters. The van der Waals surface area contributed by atoms with E-state index in [0.717, 1.165) is 6.29 Å². The SMILES string of the molecule is O=[C]NCCCC=O. The van der Waals surface area contributed by atoms with Gasteiger partial charge in [-0.05, 0) is 6.42 Å². The van der Waals surface area contributed by atoms with E-state index in [2.05, 4.69) is 5.32 Å². The standard InChI is InChI=1S/C5H8NO2/c7-4-2-1-3-6-5-8/h4H,1-3H2,(H,6,8). The van der Waals surface area contributed by atoms with Crippen molar-refractivity contribution in [3.05, 3.63) is 0 Å². The molecule has 0 aromatic heterocycles. The topological polar surface area (TPSA) is 46.2 Å². The number of hydrogen-bond donors (Lipinski definition) is 1. The van der Waals surface area contributed by atoms with Crippen molar-refractivity contribution in [1.29, 1.82) is 0 Å². The normalized spacial score (nSPS) is 8.00. The summed E-state index contributed by atoms with van der Waals surface area (Å²) in [5, 5.41) is 2.32. The molecule has 0 saturated carbocycles. The molecule has 45 valence electrons. The summed E-state index contributed by atoms with van der Waals surface area (Å²) in [6.45, 7) is 0.544. The van der Waals surface area contributed by atoms with Gasteiger partial charge in [0.15, 0.2) is 0 Å². The molecule has 8 heavy (non-hydrogen) atoms. The second kappa shape index (κ2) is 6.14. The first-order valence-corrected chi connectivity index (χ1v) is 2.45. The first kappa shape index (κ1) is 7.14. The van der Waals surface area contributed by atoms with Crippen LogP contribution in [0.2, 0.25) is 0 Å². The highest BCUT2D eigenvalue weighted by molar-refractivity contribution is 5.49. The van der Waals surface area contributed by atoms with Crippen LogP contribution >= 0.6 is 0 Å². The van der Waals surface area contributed by atoms with Gasteiger partial charge in [0.1, 0.15) is 6.29 Å². The maximum atomic E-state index is 9.64. The molecular weight excluding hydrogens is 106 g/mol. The average molecular weight is 114 g/mol. The fraction of sp³-hybridized carbons (Fsp3) is 0.600. The summed E-state index contributed by atoms with van der Waals surface area (Å²) < 4.78 is 0. The maximum absolute atomic E-state index is 9.64. The van der Waals surface area contributed by atoms with Crippen molar-refractivity contribution in [3.8, 4) is 0 Å². The minimum Gasteiger partial charge on any atom is -0.348 e. The van der Waals surface area contributed by atoms with Gasteiger partial charge >= 0.3 is 6.41 Å². The van der Waals surface area contributed by atoms with Gasteiger partial charge in [0, 0.05) is 13.0 Å². The van der Waals surface area contributed by atoms with Gasteiger partial charge in [-0.2, -0.15) is 0 Å². The summed E-state index contributed by atoms with van der Waals surface area (Å²) in [5.41, 5.74) is 0. The Morgan fingerprint density at radius 3 is 2.88 bits per heavy atom. The predicted octanol–water partition coefficient (Wildman–Crippen LogP) is -0.378. The molecule has 0 aliphatic heterocycles. The van der Waals surface area contributed by atoms with E-state index in [1.165, 1.54) is 6.41 Å². The number of nitrogens with one attached hydrogen (secondary N) is 1. The zero-order chi connectivity index (χ0) is 6.24. The highest BCUT2D eigenvalue weighted by Gasteiger charge is 1.81. The summed E-state index contributed by atoms with van der Waals surface area (Å²) >= 11 is 0. The molecule has 0 spiro atoms. The van der Waals surface area contributed by atoms with Crippen LogP contribution in [0.15, 0.2) is 0 Å². The summed E-state index contributed by atoms with van der Waals surface area (Å²) in [4.78, 5) is 19.1. The lowest BCUT2D eigenvalue weighted by atomic mass is 10.3. The number of amides is 1. The van der Waals surface area contributed by atoms with Gasteiger partial charge in [0.2, 0.25) is 0 Å². The predicted molar refractivity (Wildman–Crippen MR) is 29.0 cm³/mol. The highest BCUT2D eigenvalue weighted by atomic mass is 16.1. The fourth-order valence-corrected chi connectivity index (χ4v) is 0.325. The van der Waals surface area contributed by atoms with Crippen molar-refractivity contribution in [2.24, 2.45) is 0 Å². The molecule has 0 fully saturated rings. The van der Waals surface area contributed by atoms with Gasteiger partial charge in [0.25, 0.3) is 0 Å². The van der Waals surface area contributed by atoms with E-state index in [1.807, 2.05) is 0 Å². The van der Waals surface area contributed by atoms with Gasteiger partial charge in [0.05, 0.1) is 0 Å². The Hall–Kier alpha value is -0.860. The Morgan fingerprint density at radius 1 is 1.62 bits per heavy atom.